The first kappa shape index (κ1) is 14.0. The third-order valence-electron chi connectivity index (χ3n) is 2.85. The van der Waals surface area contributed by atoms with E-state index >= 15 is 0 Å². The van der Waals surface area contributed by atoms with E-state index in [1.165, 1.54) is 0 Å². The van der Waals surface area contributed by atoms with Crippen LogP contribution in [0.15, 0.2) is 0 Å². The highest BCUT2D eigenvalue weighted by Gasteiger charge is 2.24. The van der Waals surface area contributed by atoms with E-state index in [2.05, 4.69) is 16.0 Å². The summed E-state index contributed by atoms with van der Waals surface area (Å²) < 4.78 is 0. The molecule has 1 unspecified atom stereocenters. The first-order valence-electron chi connectivity index (χ1n) is 6.32. The summed E-state index contributed by atoms with van der Waals surface area (Å²) in [5.41, 5.74) is 0. The zero-order chi connectivity index (χ0) is 12.8. The number of piperidine rings is 1. The molecule has 0 aromatic rings. The van der Waals surface area contributed by atoms with Crippen LogP contribution in [0.3, 0.4) is 0 Å². The minimum Gasteiger partial charge on any atom is -0.352 e. The molecular weight excluding hydrogens is 218 g/mol. The van der Waals surface area contributed by atoms with Crippen LogP contribution in [0.4, 0.5) is 0 Å². The van der Waals surface area contributed by atoms with Crippen LogP contribution in [0.1, 0.15) is 33.6 Å². The van der Waals surface area contributed by atoms with Crippen molar-refractivity contribution in [2.75, 3.05) is 13.1 Å². The van der Waals surface area contributed by atoms with Crippen molar-refractivity contribution in [3.63, 3.8) is 0 Å². The molecule has 3 N–H and O–H groups in total. The zero-order valence-corrected chi connectivity index (χ0v) is 10.9. The maximum absolute atomic E-state index is 11.9. The maximum atomic E-state index is 11.9. The van der Waals surface area contributed by atoms with Crippen molar-refractivity contribution in [3.8, 4) is 0 Å². The first-order chi connectivity index (χ1) is 8.00. The van der Waals surface area contributed by atoms with Crippen LogP contribution in [-0.2, 0) is 9.59 Å². The van der Waals surface area contributed by atoms with Crippen molar-refractivity contribution in [1.82, 2.24) is 16.0 Å². The number of nitrogens with one attached hydrogen (secondary N) is 3. The van der Waals surface area contributed by atoms with Gasteiger partial charge in [0.25, 0.3) is 0 Å². The third-order valence-corrected chi connectivity index (χ3v) is 2.85. The predicted octanol–water partition coefficient (Wildman–Crippen LogP) is 0.0153. The number of hydrogen-bond acceptors (Lipinski definition) is 3. The van der Waals surface area contributed by atoms with Crippen LogP contribution in [0.5, 0.6) is 0 Å². The second kappa shape index (κ2) is 6.59. The molecule has 0 saturated carbocycles. The van der Waals surface area contributed by atoms with Crippen LogP contribution >= 0.6 is 0 Å². The molecule has 0 radical (unpaired) electrons. The van der Waals surface area contributed by atoms with Crippen molar-refractivity contribution >= 4 is 11.8 Å². The smallest absolute Gasteiger partial charge is 0.242 e. The van der Waals surface area contributed by atoms with Crippen LogP contribution in [0.25, 0.3) is 0 Å². The van der Waals surface area contributed by atoms with Gasteiger partial charge in [-0.1, -0.05) is 0 Å². The van der Waals surface area contributed by atoms with Gasteiger partial charge in [0.2, 0.25) is 11.8 Å². The van der Waals surface area contributed by atoms with Gasteiger partial charge in [0.05, 0.1) is 5.92 Å². The fraction of sp³-hybridized carbons (Fsp3) is 0.833. The van der Waals surface area contributed by atoms with Gasteiger partial charge in [0, 0.05) is 12.6 Å². The third kappa shape index (κ3) is 4.73. The molecule has 5 heteroatoms. The fourth-order valence-corrected chi connectivity index (χ4v) is 1.88. The maximum Gasteiger partial charge on any atom is 0.242 e. The number of carbonyl (C=O) groups excluding carboxylic acids is 2. The van der Waals surface area contributed by atoms with Crippen molar-refractivity contribution in [1.29, 1.82) is 0 Å². The molecule has 0 aliphatic carbocycles. The van der Waals surface area contributed by atoms with Gasteiger partial charge in [-0.05, 0) is 40.2 Å². The van der Waals surface area contributed by atoms with E-state index in [9.17, 15) is 9.59 Å². The van der Waals surface area contributed by atoms with E-state index in [1.54, 1.807) is 6.92 Å². The van der Waals surface area contributed by atoms with Crippen LogP contribution < -0.4 is 16.0 Å². The molecule has 5 nitrogen and oxygen atoms in total. The van der Waals surface area contributed by atoms with Gasteiger partial charge in [-0.15, -0.1) is 0 Å². The molecule has 17 heavy (non-hydrogen) atoms. The summed E-state index contributed by atoms with van der Waals surface area (Å²) >= 11 is 0. The standard InChI is InChI=1S/C12H23N3O2/c1-8(2)14-11(16)9(3)15-12(17)10-5-4-6-13-7-10/h8-10,13H,4-7H2,1-3H3,(H,14,16)(H,15,17)/t9?,10-/m1/s1. The first-order valence-corrected chi connectivity index (χ1v) is 6.32. The van der Waals surface area contributed by atoms with E-state index < -0.39 is 6.04 Å². The summed E-state index contributed by atoms with van der Waals surface area (Å²) in [6, 6.07) is -0.370. The summed E-state index contributed by atoms with van der Waals surface area (Å²) in [6.07, 6.45) is 1.92. The van der Waals surface area contributed by atoms with Gasteiger partial charge in [-0.2, -0.15) is 0 Å². The molecule has 1 rings (SSSR count). The summed E-state index contributed by atoms with van der Waals surface area (Å²) in [5.74, 6) is -0.154. The minimum atomic E-state index is -0.466. The van der Waals surface area contributed by atoms with Gasteiger partial charge in [-0.25, -0.2) is 0 Å². The Kier molecular flexibility index (Phi) is 5.41. The lowest BCUT2D eigenvalue weighted by molar-refractivity contribution is -0.131. The van der Waals surface area contributed by atoms with Crippen molar-refractivity contribution < 1.29 is 9.59 Å². The molecule has 1 fully saturated rings. The van der Waals surface area contributed by atoms with Gasteiger partial charge < -0.3 is 16.0 Å². The van der Waals surface area contributed by atoms with Crippen LogP contribution in [0.2, 0.25) is 0 Å². The lowest BCUT2D eigenvalue weighted by Crippen LogP contribution is -2.50. The Morgan fingerprint density at radius 1 is 1.24 bits per heavy atom. The van der Waals surface area contributed by atoms with E-state index in [4.69, 9.17) is 0 Å². The SMILES string of the molecule is CC(C)NC(=O)C(C)NC(=O)[C@@H]1CCCNC1. The molecule has 1 aliphatic heterocycles. The molecule has 2 amide bonds. The highest BCUT2D eigenvalue weighted by molar-refractivity contribution is 5.88. The second-order valence-electron chi connectivity index (χ2n) is 4.94. The average Bonchev–Trinajstić information content (AvgIpc) is 2.29. The van der Waals surface area contributed by atoms with Gasteiger partial charge in [0.1, 0.15) is 6.04 Å². The molecule has 0 aromatic carbocycles. The lowest BCUT2D eigenvalue weighted by atomic mass is 9.98. The molecule has 1 aliphatic rings. The van der Waals surface area contributed by atoms with Crippen molar-refractivity contribution in [2.24, 2.45) is 5.92 Å². The Labute approximate surface area is 103 Å². The fourth-order valence-electron chi connectivity index (χ4n) is 1.88. The van der Waals surface area contributed by atoms with E-state index in [1.807, 2.05) is 13.8 Å². The molecule has 2 atom stereocenters. The summed E-state index contributed by atoms with van der Waals surface area (Å²) in [7, 11) is 0. The van der Waals surface area contributed by atoms with E-state index in [0.29, 0.717) is 6.54 Å². The van der Waals surface area contributed by atoms with Crippen LogP contribution in [0, 0.1) is 5.92 Å². The molecule has 1 heterocycles. The minimum absolute atomic E-state index is 0.00181. The number of rotatable bonds is 4. The van der Waals surface area contributed by atoms with Gasteiger partial charge >= 0.3 is 0 Å². The molecular formula is C12H23N3O2. The summed E-state index contributed by atoms with van der Waals surface area (Å²) in [6.45, 7) is 7.21. The van der Waals surface area contributed by atoms with Crippen molar-refractivity contribution in [3.05, 3.63) is 0 Å². The van der Waals surface area contributed by atoms with Gasteiger partial charge in [-0.3, -0.25) is 9.59 Å². The quantitative estimate of drug-likeness (QED) is 0.649. The Hall–Kier alpha value is -1.10. The molecule has 0 spiro atoms. The summed E-state index contributed by atoms with van der Waals surface area (Å²) in [4.78, 5) is 23.5. The molecule has 98 valence electrons. The second-order valence-corrected chi connectivity index (χ2v) is 4.94. The predicted molar refractivity (Wildman–Crippen MR) is 66.5 cm³/mol. The normalized spacial score (nSPS) is 22.0. The molecule has 1 saturated heterocycles. The summed E-state index contributed by atoms with van der Waals surface area (Å²) in [5, 5.41) is 8.73. The Morgan fingerprint density at radius 2 is 1.94 bits per heavy atom. The zero-order valence-electron chi connectivity index (χ0n) is 10.9. The highest BCUT2D eigenvalue weighted by Crippen LogP contribution is 2.09. The Balaban J connectivity index is 2.36. The lowest BCUT2D eigenvalue weighted by Gasteiger charge is -2.24. The van der Waals surface area contributed by atoms with Gasteiger partial charge in [0.15, 0.2) is 0 Å². The molecule has 0 aromatic heterocycles. The largest absolute Gasteiger partial charge is 0.352 e. The Bertz CT molecular complexity index is 273. The monoisotopic (exact) mass is 241 g/mol. The van der Waals surface area contributed by atoms with Crippen LogP contribution in [-0.4, -0.2) is 37.0 Å². The van der Waals surface area contributed by atoms with E-state index in [-0.39, 0.29) is 23.8 Å². The number of hydrogen-bond donors (Lipinski definition) is 3. The topological polar surface area (TPSA) is 70.2 Å². The molecule has 0 bridgehead atoms. The number of carbonyl (C=O) groups is 2. The Morgan fingerprint density at radius 3 is 2.47 bits per heavy atom. The number of amides is 2. The van der Waals surface area contributed by atoms with E-state index in [0.717, 1.165) is 19.4 Å². The van der Waals surface area contributed by atoms with Crippen molar-refractivity contribution in [2.45, 2.75) is 45.7 Å². The highest BCUT2D eigenvalue weighted by atomic mass is 16.2. The average molecular weight is 241 g/mol.